The Bertz CT molecular complexity index is 1610. The van der Waals surface area contributed by atoms with Crippen LogP contribution in [0.3, 0.4) is 0 Å². The molecule has 0 aliphatic carbocycles. The molecule has 0 fully saturated rings. The Morgan fingerprint density at radius 3 is 2.76 bits per heavy atom. The van der Waals surface area contributed by atoms with E-state index < -0.39 is 4.92 Å². The predicted octanol–water partition coefficient (Wildman–Crippen LogP) is 3.95. The molecule has 10 heteroatoms. The molecule has 0 bridgehead atoms. The lowest BCUT2D eigenvalue weighted by Gasteiger charge is -2.11. The van der Waals surface area contributed by atoms with Crippen molar-refractivity contribution in [1.82, 2.24) is 14.4 Å². The van der Waals surface area contributed by atoms with Gasteiger partial charge in [0.1, 0.15) is 6.20 Å². The molecule has 0 unspecified atom stereocenters. The van der Waals surface area contributed by atoms with Crippen LogP contribution in [0, 0.1) is 10.1 Å². The van der Waals surface area contributed by atoms with Gasteiger partial charge in [-0.2, -0.15) is 0 Å². The zero-order valence-corrected chi connectivity index (χ0v) is 18.1. The Labute approximate surface area is 190 Å². The number of aromatic nitrogens is 3. The normalized spacial score (nSPS) is 11.8. The summed E-state index contributed by atoms with van der Waals surface area (Å²) in [7, 11) is 0. The van der Waals surface area contributed by atoms with E-state index in [0.29, 0.717) is 27.6 Å². The number of ether oxygens (including phenoxy) is 2. The summed E-state index contributed by atoms with van der Waals surface area (Å²) in [5.41, 5.74) is 2.07. The molecule has 0 aliphatic rings. The molecule has 0 aliphatic heterocycles. The van der Waals surface area contributed by atoms with E-state index in [4.69, 9.17) is 9.47 Å². The molecular formula is C23H16N4O5S. The van der Waals surface area contributed by atoms with E-state index in [1.807, 2.05) is 31.2 Å². The lowest BCUT2D eigenvalue weighted by atomic mass is 10.2. The number of nitro groups is 1. The number of hydrogen-bond acceptors (Lipinski definition) is 8. The molecular weight excluding hydrogens is 444 g/mol. The van der Waals surface area contributed by atoms with Crippen LogP contribution in [0.5, 0.6) is 17.4 Å². The maximum Gasteiger partial charge on any atom is 0.287 e. The molecule has 164 valence electrons. The third-order valence-corrected chi connectivity index (χ3v) is 5.83. The molecule has 5 rings (SSSR count). The number of pyridine rings is 1. The van der Waals surface area contributed by atoms with Crippen LogP contribution in [0.4, 0.5) is 5.69 Å². The van der Waals surface area contributed by atoms with Crippen molar-refractivity contribution in [2.75, 3.05) is 6.61 Å². The van der Waals surface area contributed by atoms with Crippen molar-refractivity contribution < 1.29 is 14.4 Å². The van der Waals surface area contributed by atoms with E-state index in [9.17, 15) is 14.9 Å². The van der Waals surface area contributed by atoms with Gasteiger partial charge >= 0.3 is 0 Å². The van der Waals surface area contributed by atoms with Gasteiger partial charge in [0.25, 0.3) is 11.2 Å². The second kappa shape index (κ2) is 8.32. The lowest BCUT2D eigenvalue weighted by Crippen LogP contribution is -2.22. The monoisotopic (exact) mass is 460 g/mol. The highest BCUT2D eigenvalue weighted by atomic mass is 32.1. The number of hydrogen-bond donors (Lipinski definition) is 0. The van der Waals surface area contributed by atoms with Crippen molar-refractivity contribution in [2.24, 2.45) is 0 Å². The van der Waals surface area contributed by atoms with Crippen molar-refractivity contribution in [3.8, 4) is 17.4 Å². The van der Waals surface area contributed by atoms with Crippen LogP contribution in [0.2, 0.25) is 0 Å². The lowest BCUT2D eigenvalue weighted by molar-refractivity contribution is -0.385. The molecule has 0 saturated heterocycles. The number of thiazole rings is 1. The predicted molar refractivity (Wildman–Crippen MR) is 124 cm³/mol. The highest BCUT2D eigenvalue weighted by Gasteiger charge is 2.13. The van der Waals surface area contributed by atoms with Crippen LogP contribution in [0.15, 0.2) is 65.6 Å². The van der Waals surface area contributed by atoms with Crippen molar-refractivity contribution in [1.29, 1.82) is 0 Å². The van der Waals surface area contributed by atoms with E-state index >= 15 is 0 Å². The summed E-state index contributed by atoms with van der Waals surface area (Å²) < 4.78 is 13.6. The summed E-state index contributed by atoms with van der Waals surface area (Å²) in [6, 6.07) is 15.5. The molecule has 3 heterocycles. The molecule has 0 radical (unpaired) electrons. The van der Waals surface area contributed by atoms with Crippen LogP contribution in [-0.2, 0) is 0 Å². The van der Waals surface area contributed by atoms with Gasteiger partial charge in [-0.15, -0.1) is 0 Å². The van der Waals surface area contributed by atoms with Gasteiger partial charge in [-0.3, -0.25) is 14.9 Å². The van der Waals surface area contributed by atoms with Crippen LogP contribution >= 0.6 is 11.3 Å². The summed E-state index contributed by atoms with van der Waals surface area (Å²) in [5, 5.41) is 10.8. The van der Waals surface area contributed by atoms with Crippen LogP contribution < -0.4 is 19.6 Å². The maximum atomic E-state index is 13.0. The molecule has 0 atom stereocenters. The van der Waals surface area contributed by atoms with Crippen molar-refractivity contribution in [2.45, 2.75) is 6.92 Å². The minimum Gasteiger partial charge on any atom is -0.490 e. The van der Waals surface area contributed by atoms with Crippen molar-refractivity contribution >= 4 is 39.1 Å². The van der Waals surface area contributed by atoms with E-state index in [1.165, 1.54) is 23.5 Å². The summed E-state index contributed by atoms with van der Waals surface area (Å²) in [6.07, 6.45) is 2.91. The van der Waals surface area contributed by atoms with Gasteiger partial charge in [-0.05, 0) is 42.8 Å². The van der Waals surface area contributed by atoms with E-state index in [0.717, 1.165) is 22.8 Å². The zero-order valence-electron chi connectivity index (χ0n) is 17.3. The smallest absolute Gasteiger partial charge is 0.287 e. The van der Waals surface area contributed by atoms with Gasteiger partial charge in [0, 0.05) is 12.1 Å². The first-order chi connectivity index (χ1) is 16.0. The molecule has 5 aromatic rings. The number of para-hydroxylation sites is 2. The molecule has 9 nitrogen and oxygen atoms in total. The van der Waals surface area contributed by atoms with Crippen molar-refractivity contribution in [3.05, 3.63) is 91.4 Å². The maximum absolute atomic E-state index is 13.0. The van der Waals surface area contributed by atoms with Crippen LogP contribution in [0.25, 0.3) is 22.1 Å². The van der Waals surface area contributed by atoms with Crippen LogP contribution in [-0.4, -0.2) is 25.9 Å². The van der Waals surface area contributed by atoms with E-state index in [2.05, 4.69) is 9.97 Å². The number of nitrogens with zero attached hydrogens (tertiary/aromatic N) is 4. The third kappa shape index (κ3) is 3.87. The third-order valence-electron chi connectivity index (χ3n) is 4.86. The van der Waals surface area contributed by atoms with Crippen molar-refractivity contribution in [3.63, 3.8) is 0 Å². The minimum atomic E-state index is -0.526. The van der Waals surface area contributed by atoms with Gasteiger partial charge in [-0.1, -0.05) is 29.5 Å². The first-order valence-electron chi connectivity index (χ1n) is 10.0. The molecule has 0 N–H and O–H groups in total. The van der Waals surface area contributed by atoms with E-state index in [-0.39, 0.29) is 17.1 Å². The number of fused-ring (bicyclic) bond motifs is 3. The fraction of sp³-hybridized carbons (Fsp3) is 0.0870. The molecule has 0 amide bonds. The fourth-order valence-corrected chi connectivity index (χ4v) is 4.37. The second-order valence-corrected chi connectivity index (χ2v) is 8.00. The Balaban J connectivity index is 1.51. The largest absolute Gasteiger partial charge is 0.490 e. The number of benzene rings is 2. The summed E-state index contributed by atoms with van der Waals surface area (Å²) >= 11 is 1.32. The summed E-state index contributed by atoms with van der Waals surface area (Å²) in [5.74, 6) is 1.07. The Hall–Kier alpha value is -4.31. The molecule has 0 spiro atoms. The summed E-state index contributed by atoms with van der Waals surface area (Å²) in [6.45, 7) is 2.25. The minimum absolute atomic E-state index is 0.124. The van der Waals surface area contributed by atoms with Gasteiger partial charge in [-0.25, -0.2) is 14.4 Å². The SMILES string of the molecule is CCOc1cc(/C=c2\sc3nc4ccccc4n3c2=O)ccc1Oc1ccc([N+](=O)[O-])cn1. The number of rotatable bonds is 6. The highest BCUT2D eigenvalue weighted by Crippen LogP contribution is 2.32. The summed E-state index contributed by atoms with van der Waals surface area (Å²) in [4.78, 5) is 32.4. The molecule has 2 aromatic carbocycles. The Kier molecular flexibility index (Phi) is 5.19. The van der Waals surface area contributed by atoms with E-state index in [1.54, 1.807) is 28.7 Å². The topological polar surface area (TPSA) is 109 Å². The Morgan fingerprint density at radius 2 is 2.00 bits per heavy atom. The number of imidazole rings is 1. The quantitative estimate of drug-likeness (QED) is 0.279. The molecule has 0 saturated carbocycles. The average molecular weight is 460 g/mol. The van der Waals surface area contributed by atoms with Gasteiger partial charge in [0.15, 0.2) is 16.5 Å². The van der Waals surface area contributed by atoms with Gasteiger partial charge in [0.05, 0.1) is 27.1 Å². The standard InChI is InChI=1S/C23H16N4O5S/c1-2-31-19-11-14(7-9-18(19)32-21-10-8-15(13-24-21)27(29)30)12-20-22(28)26-17-6-4-3-5-16(17)25-23(26)33-20/h3-13H,2H2,1H3/b20-12-. The van der Waals surface area contributed by atoms with Crippen LogP contribution in [0.1, 0.15) is 12.5 Å². The van der Waals surface area contributed by atoms with Gasteiger partial charge < -0.3 is 9.47 Å². The first kappa shape index (κ1) is 20.6. The first-order valence-corrected chi connectivity index (χ1v) is 10.8. The molecule has 3 aromatic heterocycles. The zero-order chi connectivity index (χ0) is 22.9. The molecule has 33 heavy (non-hydrogen) atoms. The second-order valence-electron chi connectivity index (χ2n) is 6.99. The fourth-order valence-electron chi connectivity index (χ4n) is 3.38. The highest BCUT2D eigenvalue weighted by molar-refractivity contribution is 7.15. The Morgan fingerprint density at radius 1 is 1.15 bits per heavy atom. The average Bonchev–Trinajstić information content (AvgIpc) is 3.32. The van der Waals surface area contributed by atoms with Gasteiger partial charge in [0.2, 0.25) is 5.88 Å².